The van der Waals surface area contributed by atoms with Crippen molar-refractivity contribution >= 4 is 39.5 Å². The minimum Gasteiger partial charge on any atom is -0.482 e. The first-order valence-corrected chi connectivity index (χ1v) is 7.66. The van der Waals surface area contributed by atoms with Gasteiger partial charge < -0.3 is 14.6 Å². The van der Waals surface area contributed by atoms with E-state index in [1.807, 2.05) is 6.92 Å². The molecule has 0 fully saturated rings. The molecule has 0 aromatic heterocycles. The maximum absolute atomic E-state index is 11.8. The van der Waals surface area contributed by atoms with Crippen LogP contribution in [0.2, 0.25) is 5.02 Å². The van der Waals surface area contributed by atoms with Crippen LogP contribution in [-0.4, -0.2) is 23.7 Å². The van der Waals surface area contributed by atoms with E-state index in [0.29, 0.717) is 15.2 Å². The molecule has 0 saturated carbocycles. The van der Waals surface area contributed by atoms with E-state index < -0.39 is 11.9 Å². The molecular weight excluding hydrogens is 388 g/mol. The standard InChI is InChI=1S/C16H12BrClO5/c1-9-6-11(3-4-13(9)18)22-8-15(19)23-14-5-2-10(16(20)21)7-12(14)17/h2-7H,8H2,1H3,(H,20,21). The molecule has 0 aliphatic heterocycles. The lowest BCUT2D eigenvalue weighted by Gasteiger charge is -2.09. The van der Waals surface area contributed by atoms with E-state index in [0.717, 1.165) is 5.56 Å². The molecule has 0 heterocycles. The van der Waals surface area contributed by atoms with Crippen molar-refractivity contribution in [3.8, 4) is 11.5 Å². The number of carbonyl (C=O) groups excluding carboxylic acids is 1. The number of hydrogen-bond acceptors (Lipinski definition) is 4. The van der Waals surface area contributed by atoms with Gasteiger partial charge in [-0.1, -0.05) is 11.6 Å². The Labute approximate surface area is 145 Å². The molecule has 0 radical (unpaired) electrons. The molecule has 0 atom stereocenters. The molecular formula is C16H12BrClO5. The van der Waals surface area contributed by atoms with E-state index in [-0.39, 0.29) is 17.9 Å². The van der Waals surface area contributed by atoms with E-state index in [4.69, 9.17) is 26.2 Å². The molecule has 0 spiro atoms. The van der Waals surface area contributed by atoms with Crippen LogP contribution in [0.5, 0.6) is 11.5 Å². The fraction of sp³-hybridized carbons (Fsp3) is 0.125. The zero-order valence-corrected chi connectivity index (χ0v) is 14.3. The molecule has 0 aliphatic rings. The van der Waals surface area contributed by atoms with Crippen LogP contribution >= 0.6 is 27.5 Å². The summed E-state index contributed by atoms with van der Waals surface area (Å²) in [5, 5.41) is 9.49. The molecule has 1 N–H and O–H groups in total. The monoisotopic (exact) mass is 398 g/mol. The van der Waals surface area contributed by atoms with Crippen LogP contribution < -0.4 is 9.47 Å². The lowest BCUT2D eigenvalue weighted by molar-refractivity contribution is -0.136. The molecule has 0 saturated heterocycles. The SMILES string of the molecule is Cc1cc(OCC(=O)Oc2ccc(C(=O)O)cc2Br)ccc1Cl. The van der Waals surface area contributed by atoms with E-state index in [1.165, 1.54) is 18.2 Å². The van der Waals surface area contributed by atoms with Gasteiger partial charge in [0.1, 0.15) is 11.5 Å². The molecule has 7 heteroatoms. The third-order valence-electron chi connectivity index (χ3n) is 2.89. The number of benzene rings is 2. The van der Waals surface area contributed by atoms with Crippen molar-refractivity contribution < 1.29 is 24.2 Å². The maximum Gasteiger partial charge on any atom is 0.349 e. The lowest BCUT2D eigenvalue weighted by Crippen LogP contribution is -2.18. The van der Waals surface area contributed by atoms with Crippen LogP contribution in [0.4, 0.5) is 0 Å². The Kier molecular flexibility index (Phi) is 5.63. The number of halogens is 2. The number of carbonyl (C=O) groups is 2. The largest absolute Gasteiger partial charge is 0.482 e. The maximum atomic E-state index is 11.8. The Morgan fingerprint density at radius 3 is 2.57 bits per heavy atom. The Bertz CT molecular complexity index is 760. The third-order valence-corrected chi connectivity index (χ3v) is 3.93. The summed E-state index contributed by atoms with van der Waals surface area (Å²) >= 11 is 9.07. The fourth-order valence-corrected chi connectivity index (χ4v) is 2.30. The molecule has 0 bridgehead atoms. The van der Waals surface area contributed by atoms with Crippen LogP contribution in [0, 0.1) is 6.92 Å². The van der Waals surface area contributed by atoms with Gasteiger partial charge in [-0.3, -0.25) is 0 Å². The smallest absolute Gasteiger partial charge is 0.349 e. The quantitative estimate of drug-likeness (QED) is 0.605. The van der Waals surface area contributed by atoms with Gasteiger partial charge >= 0.3 is 11.9 Å². The first kappa shape index (κ1) is 17.3. The van der Waals surface area contributed by atoms with Gasteiger partial charge in [-0.25, -0.2) is 9.59 Å². The van der Waals surface area contributed by atoms with Crippen molar-refractivity contribution in [1.82, 2.24) is 0 Å². The van der Waals surface area contributed by atoms with Gasteiger partial charge in [0.05, 0.1) is 10.0 Å². The van der Waals surface area contributed by atoms with Crippen molar-refractivity contribution in [2.45, 2.75) is 6.92 Å². The highest BCUT2D eigenvalue weighted by molar-refractivity contribution is 9.10. The van der Waals surface area contributed by atoms with Crippen LogP contribution in [0.15, 0.2) is 40.9 Å². The van der Waals surface area contributed by atoms with Crippen LogP contribution in [0.1, 0.15) is 15.9 Å². The zero-order valence-electron chi connectivity index (χ0n) is 12.0. The molecule has 2 rings (SSSR count). The minimum absolute atomic E-state index is 0.0876. The van der Waals surface area contributed by atoms with Crippen molar-refractivity contribution in [2.24, 2.45) is 0 Å². The predicted molar refractivity (Wildman–Crippen MR) is 88.4 cm³/mol. The van der Waals surface area contributed by atoms with Gasteiger partial charge in [0.2, 0.25) is 0 Å². The van der Waals surface area contributed by atoms with E-state index in [1.54, 1.807) is 18.2 Å². The van der Waals surface area contributed by atoms with Gasteiger partial charge in [0, 0.05) is 5.02 Å². The van der Waals surface area contributed by atoms with Gasteiger partial charge in [0.25, 0.3) is 0 Å². The highest BCUT2D eigenvalue weighted by Gasteiger charge is 2.12. The van der Waals surface area contributed by atoms with E-state index in [2.05, 4.69) is 15.9 Å². The fourth-order valence-electron chi connectivity index (χ4n) is 1.72. The van der Waals surface area contributed by atoms with Crippen molar-refractivity contribution in [3.63, 3.8) is 0 Å². The Morgan fingerprint density at radius 2 is 1.96 bits per heavy atom. The van der Waals surface area contributed by atoms with Crippen LogP contribution in [0.25, 0.3) is 0 Å². The molecule has 0 amide bonds. The van der Waals surface area contributed by atoms with Gasteiger partial charge in [-0.15, -0.1) is 0 Å². The summed E-state index contributed by atoms with van der Waals surface area (Å²) in [7, 11) is 0. The highest BCUT2D eigenvalue weighted by atomic mass is 79.9. The number of aryl methyl sites for hydroxylation is 1. The first-order chi connectivity index (χ1) is 10.9. The highest BCUT2D eigenvalue weighted by Crippen LogP contribution is 2.26. The topological polar surface area (TPSA) is 72.8 Å². The Hall–Kier alpha value is -2.05. The second kappa shape index (κ2) is 7.48. The molecule has 2 aromatic carbocycles. The lowest BCUT2D eigenvalue weighted by atomic mass is 10.2. The average molecular weight is 400 g/mol. The van der Waals surface area contributed by atoms with E-state index in [9.17, 15) is 9.59 Å². The molecule has 120 valence electrons. The molecule has 2 aromatic rings. The summed E-state index contributed by atoms with van der Waals surface area (Å²) in [5.41, 5.74) is 0.925. The van der Waals surface area contributed by atoms with Gasteiger partial charge in [-0.2, -0.15) is 0 Å². The average Bonchev–Trinajstić information content (AvgIpc) is 2.50. The number of carboxylic acids is 1. The number of hydrogen-bond donors (Lipinski definition) is 1. The summed E-state index contributed by atoms with van der Waals surface area (Å²) in [5.74, 6) is -0.952. The van der Waals surface area contributed by atoms with Gasteiger partial charge in [0.15, 0.2) is 6.61 Å². The second-order valence-corrected chi connectivity index (χ2v) is 5.89. The number of ether oxygens (including phenoxy) is 2. The molecule has 23 heavy (non-hydrogen) atoms. The van der Waals surface area contributed by atoms with Crippen LogP contribution in [-0.2, 0) is 4.79 Å². The summed E-state index contributed by atoms with van der Waals surface area (Å²) in [6.45, 7) is 1.54. The third kappa shape index (κ3) is 4.71. The predicted octanol–water partition coefficient (Wildman–Crippen LogP) is 4.09. The van der Waals surface area contributed by atoms with Crippen molar-refractivity contribution in [3.05, 3.63) is 57.0 Å². The normalized spacial score (nSPS) is 10.2. The molecule has 5 nitrogen and oxygen atoms in total. The summed E-state index contributed by atoms with van der Waals surface area (Å²) in [4.78, 5) is 22.6. The van der Waals surface area contributed by atoms with Gasteiger partial charge in [-0.05, 0) is 64.8 Å². The first-order valence-electron chi connectivity index (χ1n) is 6.49. The summed E-state index contributed by atoms with van der Waals surface area (Å²) in [6, 6.07) is 9.15. The number of esters is 1. The van der Waals surface area contributed by atoms with E-state index >= 15 is 0 Å². The van der Waals surface area contributed by atoms with Crippen molar-refractivity contribution in [1.29, 1.82) is 0 Å². The molecule has 0 unspecified atom stereocenters. The molecule has 0 aliphatic carbocycles. The number of aromatic carboxylic acids is 1. The summed E-state index contributed by atoms with van der Waals surface area (Å²) in [6.07, 6.45) is 0. The number of carboxylic acid groups (broad SMARTS) is 1. The van der Waals surface area contributed by atoms with Crippen molar-refractivity contribution in [2.75, 3.05) is 6.61 Å². The van der Waals surface area contributed by atoms with Crippen LogP contribution in [0.3, 0.4) is 0 Å². The minimum atomic E-state index is -1.06. The Morgan fingerprint density at radius 1 is 1.22 bits per heavy atom. The summed E-state index contributed by atoms with van der Waals surface area (Å²) < 4.78 is 10.8. The Balaban J connectivity index is 1.97. The number of rotatable bonds is 5. The second-order valence-electron chi connectivity index (χ2n) is 4.62. The zero-order chi connectivity index (χ0) is 17.0.